The normalized spacial score (nSPS) is 14.5. The maximum absolute atomic E-state index is 12.6. The molecule has 0 aliphatic carbocycles. The lowest BCUT2D eigenvalue weighted by Gasteiger charge is -2.20. The number of hydrogen-bond acceptors (Lipinski definition) is 9. The van der Waals surface area contributed by atoms with E-state index in [0.29, 0.717) is 19.3 Å². The van der Waals surface area contributed by atoms with Crippen molar-refractivity contribution in [3.05, 3.63) is 60.8 Å². The van der Waals surface area contributed by atoms with E-state index in [0.717, 1.165) is 51.4 Å². The van der Waals surface area contributed by atoms with Gasteiger partial charge in [0, 0.05) is 19.4 Å². The van der Waals surface area contributed by atoms with Gasteiger partial charge in [-0.2, -0.15) is 0 Å². The highest BCUT2D eigenvalue weighted by atomic mass is 31.2. The third kappa shape index (κ3) is 38.0. The molecule has 0 bridgehead atoms. The monoisotopic (exact) mass is 782 g/mol. The molecule has 0 saturated carbocycles. The first kappa shape index (κ1) is 51.7. The molecule has 4 N–H and O–H groups in total. The van der Waals surface area contributed by atoms with Crippen LogP contribution in [0.4, 0.5) is 0 Å². The van der Waals surface area contributed by atoms with E-state index in [1.54, 1.807) is 12.2 Å². The summed E-state index contributed by atoms with van der Waals surface area (Å²) >= 11 is 0. The second-order valence-corrected chi connectivity index (χ2v) is 15.2. The van der Waals surface area contributed by atoms with Crippen molar-refractivity contribution >= 4 is 19.8 Å². The van der Waals surface area contributed by atoms with E-state index >= 15 is 0 Å². The molecular weight excluding hydrogens is 705 g/mol. The number of hydrogen-bond donors (Lipinski definition) is 3. The van der Waals surface area contributed by atoms with Gasteiger partial charge in [0.2, 0.25) is 0 Å². The molecule has 0 aromatic heterocycles. The Morgan fingerprint density at radius 3 is 1.85 bits per heavy atom. The van der Waals surface area contributed by atoms with Gasteiger partial charge in [0.25, 0.3) is 0 Å². The fourth-order valence-corrected chi connectivity index (χ4v) is 6.08. The van der Waals surface area contributed by atoms with Gasteiger partial charge in [0.1, 0.15) is 6.61 Å². The molecule has 312 valence electrons. The maximum atomic E-state index is 12.6. The molecule has 1 unspecified atom stereocenters. The van der Waals surface area contributed by atoms with Crippen molar-refractivity contribution < 1.29 is 42.7 Å². The molecule has 0 saturated heterocycles. The quantitative estimate of drug-likeness (QED) is 0.0181. The molecule has 0 rings (SSSR count). The highest BCUT2D eigenvalue weighted by molar-refractivity contribution is 7.47. The van der Waals surface area contributed by atoms with E-state index < -0.39 is 38.6 Å². The van der Waals surface area contributed by atoms with Crippen molar-refractivity contribution in [2.75, 3.05) is 26.4 Å². The van der Waals surface area contributed by atoms with E-state index in [4.69, 9.17) is 24.3 Å². The fraction of sp³-hybridized carbons (Fsp3) is 0.721. The van der Waals surface area contributed by atoms with Gasteiger partial charge in [0.05, 0.1) is 19.3 Å². The van der Waals surface area contributed by atoms with Gasteiger partial charge in [-0.05, 0) is 70.6 Å². The Bertz CT molecular complexity index is 1090. The summed E-state index contributed by atoms with van der Waals surface area (Å²) in [5.41, 5.74) is 5.33. The van der Waals surface area contributed by atoms with Crippen molar-refractivity contribution in [1.29, 1.82) is 0 Å². The van der Waals surface area contributed by atoms with Gasteiger partial charge < -0.3 is 25.2 Å². The number of esters is 2. The molecule has 0 radical (unpaired) electrons. The molecule has 0 aromatic rings. The van der Waals surface area contributed by atoms with E-state index in [-0.39, 0.29) is 32.6 Å². The number of aliphatic hydroxyl groups is 1. The second kappa shape index (κ2) is 38.9. The summed E-state index contributed by atoms with van der Waals surface area (Å²) in [7, 11) is -4.43. The topological polar surface area (TPSA) is 155 Å². The average Bonchev–Trinajstić information content (AvgIpc) is 3.15. The highest BCUT2D eigenvalue weighted by Gasteiger charge is 2.26. The molecule has 0 spiro atoms. The summed E-state index contributed by atoms with van der Waals surface area (Å²) in [5.74, 6) is -1.04. The zero-order valence-corrected chi connectivity index (χ0v) is 34.7. The minimum Gasteiger partial charge on any atom is -0.462 e. The lowest BCUT2D eigenvalue weighted by Crippen LogP contribution is -2.29. The third-order valence-corrected chi connectivity index (χ3v) is 9.46. The largest absolute Gasteiger partial charge is 0.472 e. The summed E-state index contributed by atoms with van der Waals surface area (Å²) in [6, 6.07) is 0. The molecule has 0 aromatic carbocycles. The van der Waals surface area contributed by atoms with Crippen LogP contribution in [-0.4, -0.2) is 60.5 Å². The number of allylic oxidation sites excluding steroid dienone is 9. The Hall–Kier alpha value is -2.33. The molecule has 0 heterocycles. The number of aliphatic hydroxyl groups excluding tert-OH is 1. The number of nitrogens with two attached hydrogens (primary N) is 1. The molecular formula is C43H76NO9P. The van der Waals surface area contributed by atoms with Gasteiger partial charge in [-0.25, -0.2) is 4.57 Å². The van der Waals surface area contributed by atoms with Crippen molar-refractivity contribution in [3.8, 4) is 0 Å². The van der Waals surface area contributed by atoms with E-state index in [1.165, 1.54) is 64.2 Å². The standard InChI is InChI=1S/C43H76NO9P/c1-3-5-7-9-11-13-15-17-18-20-22-24-26-28-30-34-42(46)50-38-41(39-52-54(48,49)51-37-36-44)53-43(47)35-31-33-40(45)32-29-27-25-23-21-19-16-14-12-10-8-6-4-2/h12,14,17-19,21,25,27,29,32,40-41,45H,3-11,13,15-16,20,22-24,26,28,30-31,33-39,44H2,1-2H3,(H,48,49)/b14-12-,18-17-,21-19-,27-25-,32-29+/t40-,41+/m0/s1. The first-order valence-electron chi connectivity index (χ1n) is 20.9. The Balaban J connectivity index is 4.41. The van der Waals surface area contributed by atoms with Crippen LogP contribution in [0.15, 0.2) is 60.8 Å². The van der Waals surface area contributed by atoms with Crippen LogP contribution in [0.5, 0.6) is 0 Å². The Morgan fingerprint density at radius 1 is 0.648 bits per heavy atom. The minimum absolute atomic E-state index is 0.00158. The highest BCUT2D eigenvalue weighted by Crippen LogP contribution is 2.43. The Labute approximate surface area is 328 Å². The molecule has 10 nitrogen and oxygen atoms in total. The van der Waals surface area contributed by atoms with Crippen molar-refractivity contribution in [3.63, 3.8) is 0 Å². The summed E-state index contributed by atoms with van der Waals surface area (Å²) in [5, 5.41) is 10.3. The van der Waals surface area contributed by atoms with Crippen LogP contribution >= 0.6 is 7.82 Å². The second-order valence-electron chi connectivity index (χ2n) is 13.7. The molecule has 3 atom stereocenters. The Kier molecular flexibility index (Phi) is 37.2. The SMILES string of the molecule is CCCCC/C=C\C/C=C\C/C=C\C=C\[C@H](O)CCCC(=O)O[C@H](COC(=O)CCCCCCC/C=C\CCCCCCCC)COP(=O)(O)OCCN. The summed E-state index contributed by atoms with van der Waals surface area (Å²) in [6.45, 7) is 3.45. The predicted octanol–water partition coefficient (Wildman–Crippen LogP) is 10.7. The van der Waals surface area contributed by atoms with Crippen LogP contribution in [0.2, 0.25) is 0 Å². The predicted molar refractivity (Wildman–Crippen MR) is 221 cm³/mol. The number of phosphoric ester groups is 1. The lowest BCUT2D eigenvalue weighted by molar-refractivity contribution is -0.161. The minimum atomic E-state index is -4.43. The van der Waals surface area contributed by atoms with E-state index in [2.05, 4.69) is 50.3 Å². The van der Waals surface area contributed by atoms with Crippen LogP contribution in [0.3, 0.4) is 0 Å². The van der Waals surface area contributed by atoms with Crippen molar-refractivity contribution in [2.45, 2.75) is 174 Å². The van der Waals surface area contributed by atoms with E-state index in [9.17, 15) is 24.2 Å². The number of ether oxygens (including phenoxy) is 2. The number of rotatable bonds is 38. The number of phosphoric acid groups is 1. The molecule has 0 fully saturated rings. The zero-order chi connectivity index (χ0) is 39.8. The first-order chi connectivity index (χ1) is 26.2. The third-order valence-electron chi connectivity index (χ3n) is 8.48. The van der Waals surface area contributed by atoms with Crippen LogP contribution in [0.1, 0.15) is 162 Å². The van der Waals surface area contributed by atoms with Crippen molar-refractivity contribution in [2.24, 2.45) is 5.73 Å². The number of unbranched alkanes of at least 4 members (excludes halogenated alkanes) is 14. The van der Waals surface area contributed by atoms with Crippen LogP contribution in [0, 0.1) is 0 Å². The summed E-state index contributed by atoms with van der Waals surface area (Å²) in [6.07, 6.45) is 41.4. The summed E-state index contributed by atoms with van der Waals surface area (Å²) < 4.78 is 32.6. The van der Waals surface area contributed by atoms with E-state index in [1.807, 2.05) is 12.2 Å². The maximum Gasteiger partial charge on any atom is 0.472 e. The smallest absolute Gasteiger partial charge is 0.462 e. The fourth-order valence-electron chi connectivity index (χ4n) is 5.32. The van der Waals surface area contributed by atoms with Crippen LogP contribution in [0.25, 0.3) is 0 Å². The van der Waals surface area contributed by atoms with Gasteiger partial charge >= 0.3 is 19.8 Å². The zero-order valence-electron chi connectivity index (χ0n) is 33.8. The lowest BCUT2D eigenvalue weighted by atomic mass is 10.1. The van der Waals surface area contributed by atoms with Gasteiger partial charge in [-0.15, -0.1) is 0 Å². The average molecular weight is 782 g/mol. The molecule has 54 heavy (non-hydrogen) atoms. The Morgan fingerprint density at radius 2 is 1.19 bits per heavy atom. The van der Waals surface area contributed by atoms with Gasteiger partial charge in [0.15, 0.2) is 6.10 Å². The number of carbonyl (C=O) groups excluding carboxylic acids is 2. The molecule has 0 aliphatic rings. The molecule has 11 heteroatoms. The van der Waals surface area contributed by atoms with Crippen molar-refractivity contribution in [1.82, 2.24) is 0 Å². The van der Waals surface area contributed by atoms with Crippen LogP contribution < -0.4 is 5.73 Å². The molecule has 0 amide bonds. The summed E-state index contributed by atoms with van der Waals surface area (Å²) in [4.78, 5) is 34.8. The van der Waals surface area contributed by atoms with Gasteiger partial charge in [-0.3, -0.25) is 18.6 Å². The first-order valence-corrected chi connectivity index (χ1v) is 22.4. The molecule has 0 aliphatic heterocycles. The van der Waals surface area contributed by atoms with Gasteiger partial charge in [-0.1, -0.05) is 139 Å². The number of carbonyl (C=O) groups is 2. The van der Waals surface area contributed by atoms with Crippen LogP contribution in [-0.2, 0) is 32.7 Å².